The van der Waals surface area contributed by atoms with E-state index in [2.05, 4.69) is 34.6 Å². The summed E-state index contributed by atoms with van der Waals surface area (Å²) in [4.78, 5) is 26.2. The molecule has 0 radical (unpaired) electrons. The third-order valence-corrected chi connectivity index (χ3v) is 16.4. The van der Waals surface area contributed by atoms with E-state index >= 15 is 0 Å². The first-order chi connectivity index (χ1) is 21.8. The van der Waals surface area contributed by atoms with Crippen LogP contribution in [-0.2, 0) is 23.8 Å². The van der Waals surface area contributed by atoms with E-state index in [9.17, 15) is 19.8 Å². The number of ether oxygens (including phenoxy) is 3. The van der Waals surface area contributed by atoms with Gasteiger partial charge in [0.25, 0.3) is 0 Å². The van der Waals surface area contributed by atoms with Crippen molar-refractivity contribution < 1.29 is 34.0 Å². The predicted octanol–water partition coefficient (Wildman–Crippen LogP) is 6.03. The molecular formula is C38H59NO7. The highest BCUT2D eigenvalue weighted by molar-refractivity contribution is 5.76. The van der Waals surface area contributed by atoms with E-state index < -0.39 is 12.1 Å². The zero-order valence-corrected chi connectivity index (χ0v) is 29.0. The van der Waals surface area contributed by atoms with E-state index in [0.717, 1.165) is 25.7 Å². The molecule has 0 aromatic carbocycles. The standard InChI is InChI=1S/C38H59NO7/c1-22-18-24(8-11-29(41)42)45-32-31(22)35(4)14-15-38-21-37(38)13-12-27(34(2,3)25(37)9-10-26(38)36(35,5)33(32)43)46-30-20-39(16-17-44-30)28(40)19-23-6-7-23/h22-27,30-33,43H,6-21H2,1-5H3,(H,41,42)/t22-,24?,25+,26?,27?,30+,31+,32?,33+,35-,36-,37-,38+/m1/s1. The number of aliphatic hydroxyl groups is 1. The van der Waals surface area contributed by atoms with Crippen molar-refractivity contribution in [3.8, 4) is 0 Å². The molecule has 2 spiro atoms. The molecule has 8 fully saturated rings. The molecule has 1 amide bonds. The van der Waals surface area contributed by atoms with Crippen LogP contribution in [-0.4, -0.2) is 77.4 Å². The average molecular weight is 642 g/mol. The van der Waals surface area contributed by atoms with Gasteiger partial charge in [0.1, 0.15) is 0 Å². The molecular weight excluding hydrogens is 582 g/mol. The molecule has 0 aromatic heterocycles. The normalized spacial score (nSPS) is 52.0. The van der Waals surface area contributed by atoms with Crippen LogP contribution in [0.3, 0.4) is 0 Å². The highest BCUT2D eigenvalue weighted by Gasteiger charge is 2.84. The number of aliphatic carboxylic acids is 1. The molecule has 2 N–H and O–H groups in total. The summed E-state index contributed by atoms with van der Waals surface area (Å²) in [6.45, 7) is 13.9. The number of carbonyl (C=O) groups is 2. The van der Waals surface area contributed by atoms with E-state index in [0.29, 0.717) is 67.5 Å². The Morgan fingerprint density at radius 1 is 0.978 bits per heavy atom. The minimum absolute atomic E-state index is 0.00923. The Hall–Kier alpha value is -1.22. The summed E-state index contributed by atoms with van der Waals surface area (Å²) >= 11 is 0. The lowest BCUT2D eigenvalue weighted by Gasteiger charge is -2.64. The van der Waals surface area contributed by atoms with Crippen LogP contribution >= 0.6 is 0 Å². The summed E-state index contributed by atoms with van der Waals surface area (Å²) < 4.78 is 19.6. The van der Waals surface area contributed by atoms with Crippen molar-refractivity contribution in [2.75, 3.05) is 19.7 Å². The second-order valence-corrected chi connectivity index (χ2v) is 18.5. The number of amides is 1. The fourth-order valence-corrected chi connectivity index (χ4v) is 13.9. The molecule has 2 saturated heterocycles. The number of aliphatic hydroxyl groups excluding tert-OH is 1. The van der Waals surface area contributed by atoms with Gasteiger partial charge in [0.05, 0.1) is 37.6 Å². The van der Waals surface area contributed by atoms with Crippen LogP contribution in [0, 0.1) is 56.7 Å². The number of carboxylic acid groups (broad SMARTS) is 1. The van der Waals surface area contributed by atoms with E-state index in [4.69, 9.17) is 14.2 Å². The molecule has 8 rings (SSSR count). The molecule has 258 valence electrons. The fourth-order valence-electron chi connectivity index (χ4n) is 13.9. The zero-order valence-electron chi connectivity index (χ0n) is 29.0. The minimum Gasteiger partial charge on any atom is -0.481 e. The van der Waals surface area contributed by atoms with Crippen molar-refractivity contribution in [1.29, 1.82) is 0 Å². The number of hydrogen-bond acceptors (Lipinski definition) is 6. The van der Waals surface area contributed by atoms with Crippen molar-refractivity contribution in [3.63, 3.8) is 0 Å². The third-order valence-electron chi connectivity index (χ3n) is 16.4. The van der Waals surface area contributed by atoms with Gasteiger partial charge in [0.2, 0.25) is 5.91 Å². The Bertz CT molecular complexity index is 1250. The number of rotatable bonds is 7. The summed E-state index contributed by atoms with van der Waals surface area (Å²) in [6.07, 6.45) is 11.8. The lowest BCUT2D eigenvalue weighted by atomic mass is 9.41. The van der Waals surface area contributed by atoms with Gasteiger partial charge in [-0.05, 0) is 122 Å². The first kappa shape index (κ1) is 32.0. The first-order valence-corrected chi connectivity index (χ1v) is 18.9. The van der Waals surface area contributed by atoms with Gasteiger partial charge in [-0.2, -0.15) is 0 Å². The molecule has 13 atom stereocenters. The second-order valence-electron chi connectivity index (χ2n) is 18.5. The maximum atomic E-state index is 12.9. The summed E-state index contributed by atoms with van der Waals surface area (Å²) in [5, 5.41) is 21.7. The van der Waals surface area contributed by atoms with E-state index in [-0.39, 0.29) is 58.6 Å². The molecule has 2 aliphatic heterocycles. The second kappa shape index (κ2) is 10.6. The van der Waals surface area contributed by atoms with Gasteiger partial charge in [-0.1, -0.05) is 34.6 Å². The smallest absolute Gasteiger partial charge is 0.303 e. The molecule has 46 heavy (non-hydrogen) atoms. The summed E-state index contributed by atoms with van der Waals surface area (Å²) in [6, 6.07) is 0. The molecule has 6 saturated carbocycles. The Kier molecular flexibility index (Phi) is 7.40. The maximum Gasteiger partial charge on any atom is 0.303 e. The van der Waals surface area contributed by atoms with Gasteiger partial charge < -0.3 is 29.3 Å². The highest BCUT2D eigenvalue weighted by Crippen LogP contribution is 2.89. The van der Waals surface area contributed by atoms with Gasteiger partial charge in [0.15, 0.2) is 6.29 Å². The quantitative estimate of drug-likeness (QED) is 0.350. The molecule has 0 aromatic rings. The molecule has 8 nitrogen and oxygen atoms in total. The van der Waals surface area contributed by atoms with Gasteiger partial charge in [-0.25, -0.2) is 0 Å². The lowest BCUT2D eigenvalue weighted by molar-refractivity contribution is -0.248. The van der Waals surface area contributed by atoms with Crippen LogP contribution in [0.25, 0.3) is 0 Å². The van der Waals surface area contributed by atoms with Gasteiger partial charge in [-0.3, -0.25) is 9.59 Å². The van der Waals surface area contributed by atoms with Crippen molar-refractivity contribution in [3.05, 3.63) is 0 Å². The summed E-state index contributed by atoms with van der Waals surface area (Å²) in [5.41, 5.74) is 0.398. The number of carbonyl (C=O) groups excluding carboxylic acids is 1. The fraction of sp³-hybridized carbons (Fsp3) is 0.947. The topological polar surface area (TPSA) is 106 Å². The van der Waals surface area contributed by atoms with Crippen LogP contribution in [0.1, 0.15) is 118 Å². The van der Waals surface area contributed by atoms with Crippen LogP contribution in [0.4, 0.5) is 0 Å². The summed E-state index contributed by atoms with van der Waals surface area (Å²) in [7, 11) is 0. The Morgan fingerprint density at radius 2 is 1.72 bits per heavy atom. The molecule has 6 aliphatic carbocycles. The molecule has 2 heterocycles. The number of hydrogen-bond donors (Lipinski definition) is 2. The average Bonchev–Trinajstić information content (AvgIpc) is 3.93. The Labute approximate surface area is 275 Å². The number of nitrogens with zero attached hydrogens (tertiary/aromatic N) is 1. The van der Waals surface area contributed by atoms with Gasteiger partial charge in [-0.15, -0.1) is 0 Å². The lowest BCUT2D eigenvalue weighted by Crippen LogP contribution is -2.60. The number of morpholine rings is 1. The molecule has 0 bridgehead atoms. The third kappa shape index (κ3) is 4.37. The molecule has 8 aliphatic rings. The zero-order chi connectivity index (χ0) is 32.4. The SMILES string of the molecule is C[C@@H]1CC(CCC(=O)O)OC2[C@H]1[C@@]1(C)CC[C@@]34C[C@@]35CCC(O[C@H]3CN(C(=O)CC6CC6)CCO3)C(C)(C)[C@@H]5CCC4[C@]1(C)[C@H]2O. The first-order valence-electron chi connectivity index (χ1n) is 18.9. The van der Waals surface area contributed by atoms with E-state index in [1.807, 2.05) is 4.90 Å². The van der Waals surface area contributed by atoms with Crippen molar-refractivity contribution in [1.82, 2.24) is 4.90 Å². The predicted molar refractivity (Wildman–Crippen MR) is 172 cm³/mol. The van der Waals surface area contributed by atoms with Crippen LogP contribution in [0.15, 0.2) is 0 Å². The highest BCUT2D eigenvalue weighted by atomic mass is 16.7. The monoisotopic (exact) mass is 641 g/mol. The molecule has 8 heteroatoms. The van der Waals surface area contributed by atoms with Gasteiger partial charge >= 0.3 is 5.97 Å². The van der Waals surface area contributed by atoms with Gasteiger partial charge in [0, 0.05) is 24.8 Å². The van der Waals surface area contributed by atoms with Crippen molar-refractivity contribution >= 4 is 11.9 Å². The summed E-state index contributed by atoms with van der Waals surface area (Å²) in [5.74, 6) is 1.86. The Morgan fingerprint density at radius 3 is 2.46 bits per heavy atom. The van der Waals surface area contributed by atoms with E-state index in [1.165, 1.54) is 38.5 Å². The number of fused-ring (bicyclic) bond motifs is 4. The minimum atomic E-state index is -0.772. The van der Waals surface area contributed by atoms with E-state index in [1.54, 1.807) is 0 Å². The maximum absolute atomic E-state index is 12.9. The van der Waals surface area contributed by atoms with Crippen LogP contribution in [0.2, 0.25) is 0 Å². The number of carboxylic acids is 1. The largest absolute Gasteiger partial charge is 0.481 e. The Balaban J connectivity index is 0.995. The van der Waals surface area contributed by atoms with Crippen LogP contribution < -0.4 is 0 Å². The van der Waals surface area contributed by atoms with Crippen LogP contribution in [0.5, 0.6) is 0 Å². The van der Waals surface area contributed by atoms with Crippen molar-refractivity contribution in [2.45, 2.75) is 149 Å². The van der Waals surface area contributed by atoms with Crippen molar-refractivity contribution in [2.24, 2.45) is 56.7 Å². The molecule has 4 unspecified atom stereocenters.